The van der Waals surface area contributed by atoms with E-state index in [9.17, 15) is 4.79 Å². The molecule has 2 N–H and O–H groups in total. The molecule has 6 nitrogen and oxygen atoms in total. The van der Waals surface area contributed by atoms with Gasteiger partial charge in [0.1, 0.15) is 11.6 Å². The normalized spacial score (nSPS) is 11.8. The molecule has 2 aromatic rings. The summed E-state index contributed by atoms with van der Waals surface area (Å²) >= 11 is 0. The van der Waals surface area contributed by atoms with Crippen LogP contribution >= 0.6 is 0 Å². The highest BCUT2D eigenvalue weighted by Crippen LogP contribution is 2.25. The predicted molar refractivity (Wildman–Crippen MR) is 95.2 cm³/mol. The molecule has 1 aromatic heterocycles. The highest BCUT2D eigenvalue weighted by atomic mass is 16.5. The van der Waals surface area contributed by atoms with Crippen LogP contribution in [0.5, 0.6) is 5.75 Å². The molecule has 130 valence electrons. The summed E-state index contributed by atoms with van der Waals surface area (Å²) in [6, 6.07) is 7.17. The highest BCUT2D eigenvalue weighted by Gasteiger charge is 2.10. The first-order valence-corrected chi connectivity index (χ1v) is 8.44. The standard InChI is InChI=1S/C18H26N4O2/c1-4-11-22-12-10-19-17(22)13-20-18(23)21-15-8-6-7-9-16(15)24-14(3)5-2/h6-10,12,14H,4-5,11,13H2,1-3H3,(H2,20,21,23). The van der Waals surface area contributed by atoms with Gasteiger partial charge >= 0.3 is 6.03 Å². The summed E-state index contributed by atoms with van der Waals surface area (Å²) in [4.78, 5) is 16.4. The minimum Gasteiger partial charge on any atom is -0.489 e. The van der Waals surface area contributed by atoms with Gasteiger partial charge < -0.3 is 19.9 Å². The van der Waals surface area contributed by atoms with Gasteiger partial charge in [0.2, 0.25) is 0 Å². The Balaban J connectivity index is 1.94. The largest absolute Gasteiger partial charge is 0.489 e. The van der Waals surface area contributed by atoms with E-state index in [2.05, 4.69) is 29.5 Å². The number of benzene rings is 1. The van der Waals surface area contributed by atoms with Crippen LogP contribution in [-0.2, 0) is 13.1 Å². The fraction of sp³-hybridized carbons (Fsp3) is 0.444. The monoisotopic (exact) mass is 330 g/mol. The van der Waals surface area contributed by atoms with Gasteiger partial charge in [0.15, 0.2) is 0 Å². The average Bonchev–Trinajstić information content (AvgIpc) is 3.02. The van der Waals surface area contributed by atoms with E-state index in [1.54, 1.807) is 6.20 Å². The number of aromatic nitrogens is 2. The van der Waals surface area contributed by atoms with Crippen LogP contribution in [0.1, 0.15) is 39.4 Å². The summed E-state index contributed by atoms with van der Waals surface area (Å²) in [6.45, 7) is 7.45. The zero-order chi connectivity index (χ0) is 17.4. The summed E-state index contributed by atoms with van der Waals surface area (Å²) in [6.07, 6.45) is 5.70. The number of anilines is 1. The van der Waals surface area contributed by atoms with Crippen molar-refractivity contribution in [3.63, 3.8) is 0 Å². The number of hydrogen-bond donors (Lipinski definition) is 2. The summed E-state index contributed by atoms with van der Waals surface area (Å²) in [5.41, 5.74) is 0.659. The van der Waals surface area contributed by atoms with Crippen molar-refractivity contribution >= 4 is 11.7 Å². The molecule has 0 aliphatic heterocycles. The van der Waals surface area contributed by atoms with Crippen LogP contribution in [0, 0.1) is 0 Å². The Hall–Kier alpha value is -2.50. The molecule has 0 radical (unpaired) electrons. The van der Waals surface area contributed by atoms with Gasteiger partial charge in [-0.3, -0.25) is 0 Å². The first-order valence-electron chi connectivity index (χ1n) is 8.44. The van der Waals surface area contributed by atoms with Crippen LogP contribution in [0.4, 0.5) is 10.5 Å². The summed E-state index contributed by atoms with van der Waals surface area (Å²) in [5, 5.41) is 5.68. The molecule has 0 saturated heterocycles. The molecule has 1 aromatic carbocycles. The van der Waals surface area contributed by atoms with Crippen molar-refractivity contribution < 1.29 is 9.53 Å². The van der Waals surface area contributed by atoms with Crippen LogP contribution in [0.15, 0.2) is 36.7 Å². The number of carbonyl (C=O) groups excluding carboxylic acids is 1. The fourth-order valence-electron chi connectivity index (χ4n) is 2.25. The van der Waals surface area contributed by atoms with Gasteiger partial charge in [0, 0.05) is 18.9 Å². The molecule has 2 amide bonds. The van der Waals surface area contributed by atoms with E-state index in [0.29, 0.717) is 18.0 Å². The van der Waals surface area contributed by atoms with Crippen molar-refractivity contribution in [2.45, 2.75) is 52.8 Å². The van der Waals surface area contributed by atoms with Crippen molar-refractivity contribution in [3.8, 4) is 5.75 Å². The summed E-state index contributed by atoms with van der Waals surface area (Å²) in [5.74, 6) is 1.52. The number of amides is 2. The Labute approximate surface area is 143 Å². The van der Waals surface area contributed by atoms with Crippen LogP contribution in [-0.4, -0.2) is 21.7 Å². The SMILES string of the molecule is CCCn1ccnc1CNC(=O)Nc1ccccc1OC(C)CC. The zero-order valence-electron chi connectivity index (χ0n) is 14.6. The molecule has 0 spiro atoms. The smallest absolute Gasteiger partial charge is 0.319 e. The van der Waals surface area contributed by atoms with E-state index in [0.717, 1.165) is 25.2 Å². The number of hydrogen-bond acceptors (Lipinski definition) is 3. The van der Waals surface area contributed by atoms with E-state index in [-0.39, 0.29) is 12.1 Å². The number of nitrogens with one attached hydrogen (secondary N) is 2. The summed E-state index contributed by atoms with van der Waals surface area (Å²) < 4.78 is 7.88. The molecule has 1 unspecified atom stereocenters. The van der Waals surface area contributed by atoms with E-state index in [4.69, 9.17) is 4.74 Å². The second-order valence-corrected chi connectivity index (χ2v) is 5.68. The average molecular weight is 330 g/mol. The molecule has 0 aliphatic rings. The third-order valence-corrected chi connectivity index (χ3v) is 3.71. The number of rotatable bonds is 8. The van der Waals surface area contributed by atoms with E-state index in [1.807, 2.05) is 42.0 Å². The third-order valence-electron chi connectivity index (χ3n) is 3.71. The number of carbonyl (C=O) groups is 1. The van der Waals surface area contributed by atoms with Gasteiger partial charge in [-0.1, -0.05) is 26.0 Å². The van der Waals surface area contributed by atoms with Gasteiger partial charge in [-0.25, -0.2) is 9.78 Å². The number of urea groups is 1. The first-order chi connectivity index (χ1) is 11.6. The Kier molecular flexibility index (Phi) is 6.66. The lowest BCUT2D eigenvalue weighted by atomic mass is 10.2. The van der Waals surface area contributed by atoms with Crippen LogP contribution in [0.25, 0.3) is 0 Å². The molecule has 2 rings (SSSR count). The van der Waals surface area contributed by atoms with E-state index in [1.165, 1.54) is 0 Å². The number of para-hydroxylation sites is 2. The minimum absolute atomic E-state index is 0.0949. The molecule has 0 bridgehead atoms. The molecule has 0 aliphatic carbocycles. The Bertz CT molecular complexity index is 654. The molecular weight excluding hydrogens is 304 g/mol. The third kappa shape index (κ3) is 5.01. The second kappa shape index (κ2) is 8.96. The van der Waals surface area contributed by atoms with Crippen LogP contribution < -0.4 is 15.4 Å². The van der Waals surface area contributed by atoms with Gasteiger partial charge in [-0.2, -0.15) is 0 Å². The van der Waals surface area contributed by atoms with E-state index >= 15 is 0 Å². The van der Waals surface area contributed by atoms with Crippen molar-refractivity contribution in [3.05, 3.63) is 42.5 Å². The highest BCUT2D eigenvalue weighted by molar-refractivity contribution is 5.90. The Morgan fingerprint density at radius 3 is 2.88 bits per heavy atom. The molecule has 24 heavy (non-hydrogen) atoms. The zero-order valence-corrected chi connectivity index (χ0v) is 14.6. The lowest BCUT2D eigenvalue weighted by molar-refractivity contribution is 0.218. The lowest BCUT2D eigenvalue weighted by Crippen LogP contribution is -2.29. The molecular formula is C18H26N4O2. The van der Waals surface area contributed by atoms with Crippen molar-refractivity contribution in [2.24, 2.45) is 0 Å². The van der Waals surface area contributed by atoms with Gasteiger partial charge in [-0.05, 0) is 31.9 Å². The maximum atomic E-state index is 12.2. The van der Waals surface area contributed by atoms with Crippen LogP contribution in [0.2, 0.25) is 0 Å². The topological polar surface area (TPSA) is 68.2 Å². The Morgan fingerprint density at radius 1 is 1.33 bits per heavy atom. The maximum Gasteiger partial charge on any atom is 0.319 e. The molecule has 6 heteroatoms. The predicted octanol–water partition coefficient (Wildman–Crippen LogP) is 3.79. The van der Waals surface area contributed by atoms with Crippen molar-refractivity contribution in [1.29, 1.82) is 0 Å². The number of nitrogens with zero attached hydrogens (tertiary/aromatic N) is 2. The Morgan fingerprint density at radius 2 is 2.12 bits per heavy atom. The fourth-order valence-corrected chi connectivity index (χ4v) is 2.25. The second-order valence-electron chi connectivity index (χ2n) is 5.68. The van der Waals surface area contributed by atoms with E-state index < -0.39 is 0 Å². The number of ether oxygens (including phenoxy) is 1. The number of imidazole rings is 1. The van der Waals surface area contributed by atoms with Gasteiger partial charge in [0.05, 0.1) is 18.3 Å². The molecule has 1 atom stereocenters. The summed E-state index contributed by atoms with van der Waals surface area (Å²) in [7, 11) is 0. The number of aryl methyl sites for hydroxylation is 1. The minimum atomic E-state index is -0.277. The molecule has 0 saturated carbocycles. The quantitative estimate of drug-likeness (QED) is 0.774. The van der Waals surface area contributed by atoms with Gasteiger partial charge in [-0.15, -0.1) is 0 Å². The van der Waals surface area contributed by atoms with Crippen LogP contribution in [0.3, 0.4) is 0 Å². The van der Waals surface area contributed by atoms with Crippen molar-refractivity contribution in [2.75, 3.05) is 5.32 Å². The lowest BCUT2D eigenvalue weighted by Gasteiger charge is -2.16. The van der Waals surface area contributed by atoms with Gasteiger partial charge in [0.25, 0.3) is 0 Å². The van der Waals surface area contributed by atoms with Crippen molar-refractivity contribution in [1.82, 2.24) is 14.9 Å². The maximum absolute atomic E-state index is 12.2. The molecule has 1 heterocycles. The first kappa shape index (κ1) is 17.8. The molecule has 0 fully saturated rings.